The number of hydrogen-bond donors (Lipinski definition) is 2. The molecule has 0 saturated heterocycles. The number of benzene rings is 1. The van der Waals surface area contributed by atoms with Crippen molar-refractivity contribution in [3.8, 4) is 0 Å². The van der Waals surface area contributed by atoms with Gasteiger partial charge in [0.2, 0.25) is 0 Å². The molecule has 2 nitrogen and oxygen atoms in total. The summed E-state index contributed by atoms with van der Waals surface area (Å²) in [6.45, 7) is 1.69. The molecule has 0 bridgehead atoms. The second-order valence-corrected chi connectivity index (χ2v) is 2.19. The number of halogens is 1. The van der Waals surface area contributed by atoms with Gasteiger partial charge in [0.15, 0.2) is 0 Å². The molecular formula is C8H12ClNOZn. The number of para-hydroxylation sites is 1. The second-order valence-electron chi connectivity index (χ2n) is 2.19. The van der Waals surface area contributed by atoms with Gasteiger partial charge in [-0.3, -0.25) is 0 Å². The van der Waals surface area contributed by atoms with Crippen molar-refractivity contribution < 1.29 is 24.6 Å². The third-order valence-electron chi connectivity index (χ3n) is 1.15. The quantitative estimate of drug-likeness (QED) is 0.609. The van der Waals surface area contributed by atoms with Crippen LogP contribution in [0.4, 0.5) is 5.69 Å². The van der Waals surface area contributed by atoms with Gasteiger partial charge in [0, 0.05) is 25.2 Å². The zero-order valence-electron chi connectivity index (χ0n) is 7.03. The van der Waals surface area contributed by atoms with E-state index in [2.05, 4.69) is 5.32 Å². The summed E-state index contributed by atoms with van der Waals surface area (Å²) in [5, 5.41) is 11.8. The van der Waals surface area contributed by atoms with Crippen molar-refractivity contribution in [1.29, 1.82) is 0 Å². The monoisotopic (exact) mass is 237 g/mol. The Bertz CT molecular complexity index is 194. The van der Waals surface area contributed by atoms with Crippen molar-refractivity contribution in [2.24, 2.45) is 0 Å². The molecule has 0 aromatic heterocycles. The number of aliphatic hydroxyl groups is 1. The average molecular weight is 239 g/mol. The molecule has 1 atom stereocenters. The first-order valence-electron chi connectivity index (χ1n) is 3.28. The van der Waals surface area contributed by atoms with Crippen molar-refractivity contribution in [2.45, 2.75) is 13.2 Å². The molecule has 2 N–H and O–H groups in total. The van der Waals surface area contributed by atoms with Gasteiger partial charge in [-0.2, -0.15) is 0 Å². The van der Waals surface area contributed by atoms with Gasteiger partial charge in [0.25, 0.3) is 0 Å². The van der Waals surface area contributed by atoms with Crippen LogP contribution in [0.2, 0.25) is 0 Å². The van der Waals surface area contributed by atoms with E-state index in [1.54, 1.807) is 6.92 Å². The molecule has 12 heavy (non-hydrogen) atoms. The molecule has 0 radical (unpaired) electrons. The Kier molecular flexibility index (Phi) is 9.06. The summed E-state index contributed by atoms with van der Waals surface area (Å²) in [5.74, 6) is 0. The van der Waals surface area contributed by atoms with Crippen molar-refractivity contribution in [1.82, 2.24) is 0 Å². The molecule has 1 aromatic carbocycles. The summed E-state index contributed by atoms with van der Waals surface area (Å²) in [5.41, 5.74) is 0.942. The number of rotatable bonds is 2. The van der Waals surface area contributed by atoms with Gasteiger partial charge >= 0.3 is 0 Å². The fourth-order valence-corrected chi connectivity index (χ4v) is 0.776. The summed E-state index contributed by atoms with van der Waals surface area (Å²) in [7, 11) is 0. The van der Waals surface area contributed by atoms with Crippen molar-refractivity contribution in [3.63, 3.8) is 0 Å². The summed E-state index contributed by atoms with van der Waals surface area (Å²) in [6, 6.07) is 9.60. The van der Waals surface area contributed by atoms with E-state index in [1.165, 1.54) is 0 Å². The molecule has 0 aliphatic carbocycles. The fourth-order valence-electron chi connectivity index (χ4n) is 0.776. The van der Waals surface area contributed by atoms with E-state index in [1.807, 2.05) is 30.3 Å². The van der Waals surface area contributed by atoms with Crippen molar-refractivity contribution in [3.05, 3.63) is 30.3 Å². The van der Waals surface area contributed by atoms with Crippen molar-refractivity contribution >= 4 is 18.1 Å². The van der Waals surface area contributed by atoms with Gasteiger partial charge in [0.05, 0.1) is 0 Å². The van der Waals surface area contributed by atoms with Gasteiger partial charge in [0.1, 0.15) is 6.23 Å². The maximum absolute atomic E-state index is 8.89. The summed E-state index contributed by atoms with van der Waals surface area (Å²) in [6.07, 6.45) is -0.484. The summed E-state index contributed by atoms with van der Waals surface area (Å²) in [4.78, 5) is 0. The van der Waals surface area contributed by atoms with E-state index in [0.29, 0.717) is 0 Å². The molecule has 4 heteroatoms. The summed E-state index contributed by atoms with van der Waals surface area (Å²) < 4.78 is 0. The predicted molar refractivity (Wildman–Crippen MR) is 49.0 cm³/mol. The van der Waals surface area contributed by atoms with Crippen LogP contribution in [0.1, 0.15) is 6.92 Å². The first-order chi connectivity index (χ1) is 4.79. The van der Waals surface area contributed by atoms with E-state index < -0.39 is 6.23 Å². The molecular weight excluding hydrogens is 227 g/mol. The fraction of sp³-hybridized carbons (Fsp3) is 0.250. The van der Waals surface area contributed by atoms with Gasteiger partial charge < -0.3 is 10.4 Å². The standard InChI is InChI=1S/C8H11NO.ClH.Zn/c1-7(10)9-8-5-3-2-4-6-8;;/h2-7,9-10H,1H3;1H;. The SMILES string of the molecule is CC(O)Nc1ccccc1.Cl.[Zn]. The van der Waals surface area contributed by atoms with Gasteiger partial charge in [-0.1, -0.05) is 18.2 Å². The molecule has 1 unspecified atom stereocenters. The first kappa shape index (κ1) is 14.4. The minimum atomic E-state index is -0.484. The van der Waals surface area contributed by atoms with E-state index in [-0.39, 0.29) is 31.9 Å². The topological polar surface area (TPSA) is 32.3 Å². The van der Waals surface area contributed by atoms with Crippen LogP contribution in [-0.4, -0.2) is 11.3 Å². The molecule has 0 fully saturated rings. The average Bonchev–Trinajstić information content (AvgIpc) is 1.88. The van der Waals surface area contributed by atoms with Crippen LogP contribution in [0.5, 0.6) is 0 Å². The Balaban J connectivity index is 0. The maximum atomic E-state index is 8.89. The van der Waals surface area contributed by atoms with Crippen LogP contribution in [0.3, 0.4) is 0 Å². The molecule has 0 heterocycles. The van der Waals surface area contributed by atoms with Gasteiger partial charge in [-0.15, -0.1) is 12.4 Å². The summed E-state index contributed by atoms with van der Waals surface area (Å²) >= 11 is 0. The van der Waals surface area contributed by atoms with E-state index in [9.17, 15) is 0 Å². The predicted octanol–water partition coefficient (Wildman–Crippen LogP) is 1.86. The third kappa shape index (κ3) is 5.53. The zero-order valence-corrected chi connectivity index (χ0v) is 10.8. The van der Waals surface area contributed by atoms with E-state index in [4.69, 9.17) is 5.11 Å². The third-order valence-corrected chi connectivity index (χ3v) is 1.15. The van der Waals surface area contributed by atoms with Crippen LogP contribution in [0.25, 0.3) is 0 Å². The number of anilines is 1. The number of hydrogen-bond acceptors (Lipinski definition) is 2. The molecule has 0 aliphatic rings. The number of nitrogens with one attached hydrogen (secondary N) is 1. The van der Waals surface area contributed by atoms with Crippen LogP contribution >= 0.6 is 12.4 Å². The second kappa shape index (κ2) is 7.54. The van der Waals surface area contributed by atoms with Crippen molar-refractivity contribution in [2.75, 3.05) is 5.32 Å². The minimum absolute atomic E-state index is 0. The Labute approximate surface area is 91.5 Å². The van der Waals surface area contributed by atoms with Gasteiger partial charge in [-0.25, -0.2) is 0 Å². The van der Waals surface area contributed by atoms with E-state index in [0.717, 1.165) is 5.69 Å². The largest absolute Gasteiger partial charge is 0.374 e. The van der Waals surface area contributed by atoms with Gasteiger partial charge in [-0.05, 0) is 19.1 Å². The normalized spacial score (nSPS) is 10.5. The van der Waals surface area contributed by atoms with Crippen LogP contribution in [0, 0.1) is 0 Å². The first-order valence-corrected chi connectivity index (χ1v) is 3.28. The smallest absolute Gasteiger partial charge is 0.121 e. The van der Waals surface area contributed by atoms with E-state index >= 15 is 0 Å². The Hall–Kier alpha value is -0.107. The Morgan fingerprint density at radius 2 is 1.75 bits per heavy atom. The molecule has 64 valence electrons. The Morgan fingerprint density at radius 1 is 1.25 bits per heavy atom. The molecule has 0 spiro atoms. The molecule has 0 saturated carbocycles. The Morgan fingerprint density at radius 3 is 2.17 bits per heavy atom. The van der Waals surface area contributed by atoms with Crippen LogP contribution < -0.4 is 5.32 Å². The molecule has 0 amide bonds. The molecule has 0 aliphatic heterocycles. The molecule has 1 rings (SSSR count). The number of aliphatic hydroxyl groups excluding tert-OH is 1. The molecule has 1 aromatic rings. The maximum Gasteiger partial charge on any atom is 0.121 e. The van der Waals surface area contributed by atoms with Crippen LogP contribution in [-0.2, 0) is 19.5 Å². The van der Waals surface area contributed by atoms with Crippen LogP contribution in [0.15, 0.2) is 30.3 Å². The minimum Gasteiger partial charge on any atom is -0.374 e. The zero-order chi connectivity index (χ0) is 7.40.